The van der Waals surface area contributed by atoms with Crippen molar-refractivity contribution in [2.45, 2.75) is 13.5 Å². The minimum Gasteiger partial charge on any atom is -0.443 e. The van der Waals surface area contributed by atoms with Gasteiger partial charge in [0.15, 0.2) is 0 Å². The number of pyridine rings is 1. The molecule has 0 aliphatic rings. The quantitative estimate of drug-likeness (QED) is 0.904. The molecular weight excluding hydrogens is 248 g/mol. The lowest BCUT2D eigenvalue weighted by atomic mass is 10.4. The molecule has 0 saturated carbocycles. The van der Waals surface area contributed by atoms with Gasteiger partial charge in [-0.25, -0.2) is 4.79 Å². The Morgan fingerprint density at radius 1 is 1.64 bits per heavy atom. The van der Waals surface area contributed by atoms with Gasteiger partial charge in [0.05, 0.1) is 5.69 Å². The van der Waals surface area contributed by atoms with Gasteiger partial charge in [0.1, 0.15) is 6.61 Å². The highest BCUT2D eigenvalue weighted by Gasteiger charge is 2.00. The highest BCUT2D eigenvalue weighted by molar-refractivity contribution is 9.10. The van der Waals surface area contributed by atoms with Crippen LogP contribution in [0, 0.1) is 0 Å². The Labute approximate surface area is 90.8 Å². The number of rotatable bonds is 3. The Balaban J connectivity index is 2.38. The molecule has 0 bridgehead atoms. The standard InChI is InChI=1S/C9H11BrN2O2/c1-2-11-9(13)14-6-8-4-3-7(10)5-12-8/h3-5H,2,6H2,1H3,(H,11,13). The van der Waals surface area contributed by atoms with Crippen molar-refractivity contribution in [3.8, 4) is 0 Å². The average molecular weight is 259 g/mol. The normalized spacial score (nSPS) is 9.57. The van der Waals surface area contributed by atoms with Crippen molar-refractivity contribution in [3.05, 3.63) is 28.5 Å². The molecule has 0 unspecified atom stereocenters. The number of alkyl carbamates (subject to hydrolysis) is 1. The zero-order valence-electron chi connectivity index (χ0n) is 7.79. The summed E-state index contributed by atoms with van der Waals surface area (Å²) in [5, 5.41) is 2.53. The molecule has 0 saturated heterocycles. The molecule has 1 aromatic heterocycles. The topological polar surface area (TPSA) is 51.2 Å². The first kappa shape index (κ1) is 11.0. The fraction of sp³-hybridized carbons (Fsp3) is 0.333. The number of carbonyl (C=O) groups excluding carboxylic acids is 1. The Kier molecular flexibility index (Phi) is 4.39. The van der Waals surface area contributed by atoms with Gasteiger partial charge in [-0.1, -0.05) is 0 Å². The number of carbonyl (C=O) groups is 1. The molecule has 0 aliphatic carbocycles. The first-order valence-corrected chi connectivity index (χ1v) is 5.02. The maximum Gasteiger partial charge on any atom is 0.407 e. The van der Waals surface area contributed by atoms with Crippen LogP contribution >= 0.6 is 15.9 Å². The monoisotopic (exact) mass is 258 g/mol. The smallest absolute Gasteiger partial charge is 0.407 e. The molecule has 0 spiro atoms. The van der Waals surface area contributed by atoms with Crippen LogP contribution in [-0.4, -0.2) is 17.6 Å². The average Bonchev–Trinajstić information content (AvgIpc) is 2.17. The summed E-state index contributed by atoms with van der Waals surface area (Å²) in [5.41, 5.74) is 0.722. The van der Waals surface area contributed by atoms with Crippen LogP contribution in [-0.2, 0) is 11.3 Å². The van der Waals surface area contributed by atoms with Crippen molar-refractivity contribution in [2.24, 2.45) is 0 Å². The molecule has 1 N–H and O–H groups in total. The van der Waals surface area contributed by atoms with Crippen LogP contribution in [0.3, 0.4) is 0 Å². The van der Waals surface area contributed by atoms with E-state index in [1.807, 2.05) is 13.0 Å². The third-order valence-electron chi connectivity index (χ3n) is 1.46. The minimum absolute atomic E-state index is 0.194. The first-order valence-electron chi connectivity index (χ1n) is 4.23. The van der Waals surface area contributed by atoms with Crippen molar-refractivity contribution in [1.29, 1.82) is 0 Å². The Morgan fingerprint density at radius 3 is 3.00 bits per heavy atom. The lowest BCUT2D eigenvalue weighted by molar-refractivity contribution is 0.139. The van der Waals surface area contributed by atoms with Crippen LogP contribution in [0.15, 0.2) is 22.8 Å². The molecule has 0 atom stereocenters. The SMILES string of the molecule is CCNC(=O)OCc1ccc(Br)cn1. The molecule has 0 aliphatic heterocycles. The molecule has 1 rings (SSSR count). The van der Waals surface area contributed by atoms with Crippen LogP contribution in [0.25, 0.3) is 0 Å². The minimum atomic E-state index is -0.419. The second-order valence-corrected chi connectivity index (χ2v) is 3.49. The third kappa shape index (κ3) is 3.74. The lowest BCUT2D eigenvalue weighted by Gasteiger charge is -2.04. The van der Waals surface area contributed by atoms with E-state index in [-0.39, 0.29) is 6.61 Å². The molecule has 1 heterocycles. The number of hydrogen-bond donors (Lipinski definition) is 1. The van der Waals surface area contributed by atoms with E-state index in [1.54, 1.807) is 12.3 Å². The van der Waals surface area contributed by atoms with Crippen molar-refractivity contribution >= 4 is 22.0 Å². The van der Waals surface area contributed by atoms with E-state index in [0.29, 0.717) is 6.54 Å². The predicted molar refractivity (Wildman–Crippen MR) is 55.8 cm³/mol. The summed E-state index contributed by atoms with van der Waals surface area (Å²) in [7, 11) is 0. The molecule has 0 fully saturated rings. The number of nitrogens with one attached hydrogen (secondary N) is 1. The summed E-state index contributed by atoms with van der Waals surface area (Å²) in [6.07, 6.45) is 1.24. The number of hydrogen-bond acceptors (Lipinski definition) is 3. The number of ether oxygens (including phenoxy) is 1. The molecule has 0 aromatic carbocycles. The van der Waals surface area contributed by atoms with E-state index in [4.69, 9.17) is 4.74 Å². The second-order valence-electron chi connectivity index (χ2n) is 2.57. The van der Waals surface area contributed by atoms with E-state index < -0.39 is 6.09 Å². The van der Waals surface area contributed by atoms with Gasteiger partial charge < -0.3 is 10.1 Å². The second kappa shape index (κ2) is 5.59. The summed E-state index contributed by atoms with van der Waals surface area (Å²) in [4.78, 5) is 15.0. The maximum atomic E-state index is 10.9. The Morgan fingerprint density at radius 2 is 2.43 bits per heavy atom. The summed E-state index contributed by atoms with van der Waals surface area (Å²) < 4.78 is 5.78. The van der Waals surface area contributed by atoms with Gasteiger partial charge in [0.2, 0.25) is 0 Å². The summed E-state index contributed by atoms with van der Waals surface area (Å²) in [6, 6.07) is 3.65. The van der Waals surface area contributed by atoms with Crippen molar-refractivity contribution in [3.63, 3.8) is 0 Å². The van der Waals surface area contributed by atoms with Crippen LogP contribution < -0.4 is 5.32 Å². The lowest BCUT2D eigenvalue weighted by Crippen LogP contribution is -2.23. The van der Waals surface area contributed by atoms with Crippen LogP contribution in [0.1, 0.15) is 12.6 Å². The van der Waals surface area contributed by atoms with Gasteiger partial charge in [-0.2, -0.15) is 0 Å². The molecule has 4 nitrogen and oxygen atoms in total. The van der Waals surface area contributed by atoms with Gasteiger partial charge in [-0.05, 0) is 35.0 Å². The number of halogens is 1. The molecule has 0 radical (unpaired) electrons. The van der Waals surface area contributed by atoms with E-state index >= 15 is 0 Å². The maximum absolute atomic E-state index is 10.9. The fourth-order valence-electron chi connectivity index (χ4n) is 0.827. The van der Waals surface area contributed by atoms with Gasteiger partial charge in [0, 0.05) is 17.2 Å². The van der Waals surface area contributed by atoms with Gasteiger partial charge in [-0.3, -0.25) is 4.98 Å². The van der Waals surface area contributed by atoms with E-state index in [0.717, 1.165) is 10.2 Å². The van der Waals surface area contributed by atoms with Gasteiger partial charge in [-0.15, -0.1) is 0 Å². The summed E-state index contributed by atoms with van der Waals surface area (Å²) in [6.45, 7) is 2.59. The number of amides is 1. The fourth-order valence-corrected chi connectivity index (χ4v) is 1.06. The van der Waals surface area contributed by atoms with Crippen molar-refractivity contribution in [2.75, 3.05) is 6.54 Å². The highest BCUT2D eigenvalue weighted by atomic mass is 79.9. The zero-order valence-corrected chi connectivity index (χ0v) is 9.37. The third-order valence-corrected chi connectivity index (χ3v) is 1.93. The highest BCUT2D eigenvalue weighted by Crippen LogP contribution is 2.07. The molecule has 5 heteroatoms. The predicted octanol–water partition coefficient (Wildman–Crippen LogP) is 2.09. The van der Waals surface area contributed by atoms with E-state index in [9.17, 15) is 4.79 Å². The molecule has 76 valence electrons. The molecule has 1 aromatic rings. The van der Waals surface area contributed by atoms with Crippen LogP contribution in [0.5, 0.6) is 0 Å². The summed E-state index contributed by atoms with van der Waals surface area (Å²) in [5.74, 6) is 0. The summed E-state index contributed by atoms with van der Waals surface area (Å²) >= 11 is 3.27. The number of aromatic nitrogens is 1. The molecular formula is C9H11BrN2O2. The van der Waals surface area contributed by atoms with Crippen molar-refractivity contribution < 1.29 is 9.53 Å². The van der Waals surface area contributed by atoms with Gasteiger partial charge >= 0.3 is 6.09 Å². The Hall–Kier alpha value is -1.10. The largest absolute Gasteiger partial charge is 0.443 e. The Bertz CT molecular complexity index is 300. The molecule has 14 heavy (non-hydrogen) atoms. The van der Waals surface area contributed by atoms with Crippen molar-refractivity contribution in [1.82, 2.24) is 10.3 Å². The number of nitrogens with zero attached hydrogens (tertiary/aromatic N) is 1. The van der Waals surface area contributed by atoms with Crippen LogP contribution in [0.2, 0.25) is 0 Å². The van der Waals surface area contributed by atoms with Gasteiger partial charge in [0.25, 0.3) is 0 Å². The van der Waals surface area contributed by atoms with E-state index in [2.05, 4.69) is 26.2 Å². The molecule has 1 amide bonds. The van der Waals surface area contributed by atoms with E-state index in [1.165, 1.54) is 0 Å². The first-order chi connectivity index (χ1) is 6.72. The zero-order chi connectivity index (χ0) is 10.4. The van der Waals surface area contributed by atoms with Crippen LogP contribution in [0.4, 0.5) is 4.79 Å².